The van der Waals surface area contributed by atoms with Gasteiger partial charge in [0.05, 0.1) is 25.8 Å². The maximum absolute atomic E-state index is 13.0. The molecule has 0 unspecified atom stereocenters. The van der Waals surface area contributed by atoms with Gasteiger partial charge in [0.2, 0.25) is 0 Å². The third kappa shape index (κ3) is 6.16. The molecule has 1 amide bonds. The average molecular weight is 514 g/mol. The molecule has 2 aromatic carbocycles. The molecule has 0 atom stereocenters. The molecule has 1 heterocycles. The summed E-state index contributed by atoms with van der Waals surface area (Å²) in [5.41, 5.74) is 3.88. The van der Waals surface area contributed by atoms with Crippen molar-refractivity contribution in [2.45, 2.75) is 33.4 Å². The fourth-order valence-electron chi connectivity index (χ4n) is 3.50. The summed E-state index contributed by atoms with van der Waals surface area (Å²) in [5, 5.41) is 6.22. The standard InChI is InChI=1S/C25H28BrN3O4/c1-4-20-22(25(31)33-5-2)21(15-27-18-10-12-19(32-3)13-11-18)29-23(20)24(30)28-14-16-6-8-17(26)9-7-16/h6-13,27,29H,4-5,14-15H2,1-3H3,(H,28,30). The van der Waals surface area contributed by atoms with Gasteiger partial charge in [-0.1, -0.05) is 35.0 Å². The van der Waals surface area contributed by atoms with Crippen molar-refractivity contribution in [3.05, 3.63) is 81.1 Å². The van der Waals surface area contributed by atoms with Crippen molar-refractivity contribution >= 4 is 33.5 Å². The summed E-state index contributed by atoms with van der Waals surface area (Å²) in [7, 11) is 1.61. The number of esters is 1. The van der Waals surface area contributed by atoms with Gasteiger partial charge < -0.3 is 25.1 Å². The van der Waals surface area contributed by atoms with Crippen molar-refractivity contribution < 1.29 is 19.1 Å². The zero-order valence-corrected chi connectivity index (χ0v) is 20.5. The summed E-state index contributed by atoms with van der Waals surface area (Å²) in [6, 6.07) is 15.2. The van der Waals surface area contributed by atoms with Gasteiger partial charge in [-0.2, -0.15) is 0 Å². The van der Waals surface area contributed by atoms with Crippen LogP contribution in [0.25, 0.3) is 0 Å². The molecule has 1 aromatic heterocycles. The number of ether oxygens (including phenoxy) is 2. The number of hydrogen-bond acceptors (Lipinski definition) is 5. The van der Waals surface area contributed by atoms with Crippen molar-refractivity contribution in [3.8, 4) is 5.75 Å². The SMILES string of the molecule is CCOC(=O)c1c(CNc2ccc(OC)cc2)[nH]c(C(=O)NCc2ccc(Br)cc2)c1CC. The Morgan fingerprint density at radius 3 is 2.30 bits per heavy atom. The number of halogens is 1. The average Bonchev–Trinajstić information content (AvgIpc) is 3.21. The van der Waals surface area contributed by atoms with Crippen LogP contribution in [0.1, 0.15) is 51.5 Å². The summed E-state index contributed by atoms with van der Waals surface area (Å²) in [6.07, 6.45) is 0.508. The van der Waals surface area contributed by atoms with Crippen LogP contribution < -0.4 is 15.4 Å². The first-order valence-corrected chi connectivity index (χ1v) is 11.6. The van der Waals surface area contributed by atoms with E-state index in [4.69, 9.17) is 9.47 Å². The van der Waals surface area contributed by atoms with Gasteiger partial charge in [-0.15, -0.1) is 0 Å². The van der Waals surface area contributed by atoms with Gasteiger partial charge in [0.25, 0.3) is 5.91 Å². The molecular formula is C25H28BrN3O4. The van der Waals surface area contributed by atoms with E-state index < -0.39 is 5.97 Å². The number of rotatable bonds is 10. The molecule has 7 nitrogen and oxygen atoms in total. The highest BCUT2D eigenvalue weighted by Crippen LogP contribution is 2.24. The Morgan fingerprint density at radius 1 is 1.00 bits per heavy atom. The molecule has 0 saturated heterocycles. The number of H-pyrrole nitrogens is 1. The fraction of sp³-hybridized carbons (Fsp3) is 0.280. The molecule has 0 saturated carbocycles. The molecule has 3 N–H and O–H groups in total. The van der Waals surface area contributed by atoms with E-state index in [1.807, 2.05) is 55.5 Å². The minimum atomic E-state index is -0.441. The molecule has 3 rings (SSSR count). The number of aromatic nitrogens is 1. The number of carbonyl (C=O) groups excluding carboxylic acids is 2. The van der Waals surface area contributed by atoms with Gasteiger partial charge in [0.1, 0.15) is 11.4 Å². The first-order chi connectivity index (χ1) is 16.0. The Bertz CT molecular complexity index is 1090. The van der Waals surface area contributed by atoms with Gasteiger partial charge in [-0.25, -0.2) is 4.79 Å². The molecule has 0 fully saturated rings. The highest BCUT2D eigenvalue weighted by Gasteiger charge is 2.26. The van der Waals surface area contributed by atoms with Crippen molar-refractivity contribution in [1.29, 1.82) is 0 Å². The van der Waals surface area contributed by atoms with E-state index in [0.717, 1.165) is 21.5 Å². The highest BCUT2D eigenvalue weighted by molar-refractivity contribution is 9.10. The second kappa shape index (κ2) is 11.6. The van der Waals surface area contributed by atoms with Crippen LogP contribution in [0.3, 0.4) is 0 Å². The molecule has 0 bridgehead atoms. The van der Waals surface area contributed by atoms with Crippen LogP contribution in [0, 0.1) is 0 Å². The molecule has 0 aliphatic carbocycles. The minimum Gasteiger partial charge on any atom is -0.497 e. The van der Waals surface area contributed by atoms with Crippen LogP contribution in [0.5, 0.6) is 5.75 Å². The number of hydrogen-bond donors (Lipinski definition) is 3. The first-order valence-electron chi connectivity index (χ1n) is 10.8. The third-order valence-corrected chi connectivity index (χ3v) is 5.70. The van der Waals surface area contributed by atoms with Crippen LogP contribution in [0.4, 0.5) is 5.69 Å². The van der Waals surface area contributed by atoms with Crippen molar-refractivity contribution in [3.63, 3.8) is 0 Å². The van der Waals surface area contributed by atoms with Crippen LogP contribution in [-0.4, -0.2) is 30.6 Å². The number of carbonyl (C=O) groups is 2. The number of nitrogens with one attached hydrogen (secondary N) is 3. The van der Waals surface area contributed by atoms with Crippen LogP contribution >= 0.6 is 15.9 Å². The highest BCUT2D eigenvalue weighted by atomic mass is 79.9. The summed E-state index contributed by atoms with van der Waals surface area (Å²) in [4.78, 5) is 29.0. The second-order valence-electron chi connectivity index (χ2n) is 7.30. The number of amides is 1. The van der Waals surface area contributed by atoms with Gasteiger partial charge >= 0.3 is 5.97 Å². The van der Waals surface area contributed by atoms with Gasteiger partial charge in [0, 0.05) is 22.4 Å². The van der Waals surface area contributed by atoms with Gasteiger partial charge in [-0.05, 0) is 60.9 Å². The van der Waals surface area contributed by atoms with Crippen LogP contribution in [0.15, 0.2) is 53.0 Å². The molecule has 0 radical (unpaired) electrons. The Labute approximate surface area is 202 Å². The lowest BCUT2D eigenvalue weighted by Gasteiger charge is -2.09. The van der Waals surface area contributed by atoms with Crippen molar-refractivity contribution in [1.82, 2.24) is 10.3 Å². The first kappa shape index (κ1) is 24.4. The van der Waals surface area contributed by atoms with E-state index in [9.17, 15) is 9.59 Å². The lowest BCUT2D eigenvalue weighted by Crippen LogP contribution is -2.24. The largest absolute Gasteiger partial charge is 0.497 e. The predicted molar refractivity (Wildman–Crippen MR) is 132 cm³/mol. The quantitative estimate of drug-likeness (QED) is 0.329. The fourth-order valence-corrected chi connectivity index (χ4v) is 3.76. The molecule has 33 heavy (non-hydrogen) atoms. The number of benzene rings is 2. The van der Waals surface area contributed by atoms with Gasteiger partial charge in [0.15, 0.2) is 0 Å². The summed E-state index contributed by atoms with van der Waals surface area (Å²) in [6.45, 7) is 4.63. The predicted octanol–water partition coefficient (Wildman–Crippen LogP) is 5.07. The van der Waals surface area contributed by atoms with Crippen molar-refractivity contribution in [2.75, 3.05) is 19.0 Å². The maximum atomic E-state index is 13.0. The molecule has 174 valence electrons. The summed E-state index contributed by atoms with van der Waals surface area (Å²) >= 11 is 3.41. The Morgan fingerprint density at radius 2 is 1.70 bits per heavy atom. The molecular weight excluding hydrogens is 486 g/mol. The normalized spacial score (nSPS) is 10.5. The Hall–Kier alpha value is -3.26. The van der Waals surface area contributed by atoms with E-state index >= 15 is 0 Å². The van der Waals surface area contributed by atoms with E-state index in [2.05, 4.69) is 31.5 Å². The Balaban J connectivity index is 1.83. The topological polar surface area (TPSA) is 92.5 Å². The van der Waals surface area contributed by atoms with Crippen LogP contribution in [-0.2, 0) is 24.2 Å². The van der Waals surface area contributed by atoms with E-state index in [-0.39, 0.29) is 12.5 Å². The van der Waals surface area contributed by atoms with E-state index in [1.165, 1.54) is 0 Å². The lowest BCUT2D eigenvalue weighted by molar-refractivity contribution is 0.0524. The minimum absolute atomic E-state index is 0.254. The maximum Gasteiger partial charge on any atom is 0.340 e. The number of aromatic amines is 1. The third-order valence-electron chi connectivity index (χ3n) is 5.17. The summed E-state index contributed by atoms with van der Waals surface area (Å²) < 4.78 is 11.5. The molecule has 8 heteroatoms. The smallest absolute Gasteiger partial charge is 0.340 e. The number of methoxy groups -OCH3 is 1. The molecule has 0 spiro atoms. The second-order valence-corrected chi connectivity index (χ2v) is 8.21. The zero-order valence-electron chi connectivity index (χ0n) is 19.0. The molecule has 0 aliphatic rings. The van der Waals surface area contributed by atoms with E-state index in [0.29, 0.717) is 42.0 Å². The van der Waals surface area contributed by atoms with Gasteiger partial charge in [-0.3, -0.25) is 4.79 Å². The number of anilines is 1. The molecule has 3 aromatic rings. The summed E-state index contributed by atoms with van der Waals surface area (Å²) in [5.74, 6) is 0.0470. The van der Waals surface area contributed by atoms with Crippen molar-refractivity contribution in [2.24, 2.45) is 0 Å². The van der Waals surface area contributed by atoms with E-state index in [1.54, 1.807) is 14.0 Å². The molecule has 0 aliphatic heterocycles. The monoisotopic (exact) mass is 513 g/mol. The zero-order chi connectivity index (χ0) is 23.8. The Kier molecular flexibility index (Phi) is 8.54. The lowest BCUT2D eigenvalue weighted by atomic mass is 10.1. The van der Waals surface area contributed by atoms with Crippen LogP contribution in [0.2, 0.25) is 0 Å².